The molecule has 0 fully saturated rings. The van der Waals surface area contributed by atoms with Crippen molar-refractivity contribution in [2.45, 2.75) is 26.2 Å². The maximum atomic E-state index is 9.89. The van der Waals surface area contributed by atoms with Gasteiger partial charge in [0.15, 0.2) is 5.82 Å². The summed E-state index contributed by atoms with van der Waals surface area (Å²) in [5.41, 5.74) is 8.21. The van der Waals surface area contributed by atoms with E-state index in [0.717, 1.165) is 16.4 Å². The lowest BCUT2D eigenvalue weighted by Gasteiger charge is -2.13. The van der Waals surface area contributed by atoms with Crippen LogP contribution in [0, 0.1) is 0 Å². The Morgan fingerprint density at radius 2 is 2.09 bits per heavy atom. The van der Waals surface area contributed by atoms with E-state index in [1.54, 1.807) is 0 Å². The van der Waals surface area contributed by atoms with Gasteiger partial charge in [0.2, 0.25) is 0 Å². The number of nitrogen functional groups attached to an aromatic ring is 1. The predicted molar refractivity (Wildman–Crippen MR) is 87.9 cm³/mol. The molecule has 7 heteroatoms. The van der Waals surface area contributed by atoms with Gasteiger partial charge in [-0.2, -0.15) is 0 Å². The number of hydrogen-bond donors (Lipinski definition) is 3. The van der Waals surface area contributed by atoms with E-state index in [2.05, 4.69) is 9.97 Å². The molecule has 0 amide bonds. The van der Waals surface area contributed by atoms with Crippen LogP contribution in [0.15, 0.2) is 24.3 Å². The van der Waals surface area contributed by atoms with Crippen LogP contribution in [-0.4, -0.2) is 44.1 Å². The number of para-hydroxylation sites is 1. The van der Waals surface area contributed by atoms with Crippen molar-refractivity contribution in [3.8, 4) is 0 Å². The summed E-state index contributed by atoms with van der Waals surface area (Å²) in [4.78, 5) is 8.93. The Morgan fingerprint density at radius 3 is 2.83 bits per heavy atom. The molecule has 122 valence electrons. The minimum Gasteiger partial charge on any atom is -0.394 e. The minimum absolute atomic E-state index is 0.211. The standard InChI is InChI=1S/C16H20N4O3/c1-2-23-9-13-19-14-15(20(13)7-10(22)8-21)11-5-3-4-6-12(11)18-16(14)17/h3-6,10,21-22H,2,7-9H2,1H3,(H2,17,18)/t10-/m1/s1. The Morgan fingerprint density at radius 1 is 1.30 bits per heavy atom. The predicted octanol–water partition coefficient (Wildman–Crippen LogP) is 1.06. The van der Waals surface area contributed by atoms with E-state index in [-0.39, 0.29) is 13.2 Å². The Bertz CT molecular complexity index is 831. The number of nitrogens with zero attached hydrogens (tertiary/aromatic N) is 3. The molecule has 0 aliphatic carbocycles. The van der Waals surface area contributed by atoms with Crippen LogP contribution < -0.4 is 5.73 Å². The molecule has 2 heterocycles. The topological polar surface area (TPSA) is 106 Å². The summed E-state index contributed by atoms with van der Waals surface area (Å²) in [5, 5.41) is 20.0. The summed E-state index contributed by atoms with van der Waals surface area (Å²) in [6.45, 7) is 2.65. The van der Waals surface area contributed by atoms with Crippen LogP contribution in [0.2, 0.25) is 0 Å². The molecule has 0 bridgehead atoms. The highest BCUT2D eigenvalue weighted by molar-refractivity contribution is 6.06. The monoisotopic (exact) mass is 316 g/mol. The maximum Gasteiger partial charge on any atom is 0.152 e. The Balaban J connectivity index is 2.28. The van der Waals surface area contributed by atoms with Gasteiger partial charge >= 0.3 is 0 Å². The lowest BCUT2D eigenvalue weighted by molar-refractivity contribution is 0.0774. The molecular weight excluding hydrogens is 296 g/mol. The molecule has 3 aromatic rings. The fourth-order valence-electron chi connectivity index (χ4n) is 2.67. The lowest BCUT2D eigenvalue weighted by atomic mass is 10.2. The van der Waals surface area contributed by atoms with E-state index in [1.165, 1.54) is 0 Å². The average Bonchev–Trinajstić information content (AvgIpc) is 2.92. The third kappa shape index (κ3) is 2.86. The van der Waals surface area contributed by atoms with Crippen LogP contribution in [0.5, 0.6) is 0 Å². The molecule has 0 unspecified atom stereocenters. The van der Waals surface area contributed by atoms with Gasteiger partial charge in [-0.15, -0.1) is 0 Å². The minimum atomic E-state index is -0.888. The number of aromatic nitrogens is 3. The number of ether oxygens (including phenoxy) is 1. The third-order valence-corrected chi connectivity index (χ3v) is 3.73. The number of imidazole rings is 1. The highest BCUT2D eigenvalue weighted by Crippen LogP contribution is 2.29. The summed E-state index contributed by atoms with van der Waals surface area (Å²) in [5.74, 6) is 0.993. The quantitative estimate of drug-likeness (QED) is 0.628. The van der Waals surface area contributed by atoms with Crippen LogP contribution in [0.4, 0.5) is 5.82 Å². The first-order valence-electron chi connectivity index (χ1n) is 7.55. The molecule has 0 aliphatic rings. The second-order valence-corrected chi connectivity index (χ2v) is 5.32. The summed E-state index contributed by atoms with van der Waals surface area (Å²) in [6.07, 6.45) is -0.888. The first-order valence-corrected chi connectivity index (χ1v) is 7.55. The fourth-order valence-corrected chi connectivity index (χ4v) is 2.67. The highest BCUT2D eigenvalue weighted by atomic mass is 16.5. The molecule has 2 aromatic heterocycles. The molecule has 0 spiro atoms. The Hall–Kier alpha value is -2.22. The van der Waals surface area contributed by atoms with Crippen LogP contribution in [0.3, 0.4) is 0 Å². The number of hydrogen-bond acceptors (Lipinski definition) is 6. The van der Waals surface area contributed by atoms with Crippen LogP contribution >= 0.6 is 0 Å². The van der Waals surface area contributed by atoms with Crippen molar-refractivity contribution in [1.29, 1.82) is 0 Å². The van der Waals surface area contributed by atoms with E-state index >= 15 is 0 Å². The van der Waals surface area contributed by atoms with Crippen molar-refractivity contribution >= 4 is 27.8 Å². The Labute approximate surface area is 133 Å². The second kappa shape index (κ2) is 6.49. The van der Waals surface area contributed by atoms with Crippen LogP contribution in [0.1, 0.15) is 12.7 Å². The molecule has 7 nitrogen and oxygen atoms in total. The zero-order chi connectivity index (χ0) is 16.4. The maximum absolute atomic E-state index is 9.89. The van der Waals surface area contributed by atoms with E-state index in [4.69, 9.17) is 10.5 Å². The van der Waals surface area contributed by atoms with Crippen LogP contribution in [-0.2, 0) is 17.9 Å². The zero-order valence-electron chi connectivity index (χ0n) is 12.9. The number of nitrogens with two attached hydrogens (primary N) is 1. The largest absolute Gasteiger partial charge is 0.394 e. The van der Waals surface area contributed by atoms with Gasteiger partial charge in [0.25, 0.3) is 0 Å². The van der Waals surface area contributed by atoms with Gasteiger partial charge in [-0.05, 0) is 13.0 Å². The van der Waals surface area contributed by atoms with Gasteiger partial charge < -0.3 is 25.3 Å². The fraction of sp³-hybridized carbons (Fsp3) is 0.375. The molecule has 0 radical (unpaired) electrons. The Kier molecular flexibility index (Phi) is 4.42. The van der Waals surface area contributed by atoms with Crippen molar-refractivity contribution in [2.75, 3.05) is 18.9 Å². The van der Waals surface area contributed by atoms with E-state index in [1.807, 2.05) is 35.8 Å². The number of aliphatic hydroxyl groups excluding tert-OH is 2. The number of aliphatic hydroxyl groups is 2. The molecule has 1 atom stereocenters. The van der Waals surface area contributed by atoms with E-state index < -0.39 is 6.10 Å². The van der Waals surface area contributed by atoms with Gasteiger partial charge in [-0.3, -0.25) is 0 Å². The molecule has 0 saturated heterocycles. The number of anilines is 1. The van der Waals surface area contributed by atoms with Gasteiger partial charge in [0.1, 0.15) is 17.9 Å². The van der Waals surface area contributed by atoms with Crippen molar-refractivity contribution in [2.24, 2.45) is 0 Å². The summed E-state index contributed by atoms with van der Waals surface area (Å²) in [6, 6.07) is 7.64. The van der Waals surface area contributed by atoms with Crippen molar-refractivity contribution in [1.82, 2.24) is 14.5 Å². The van der Waals surface area contributed by atoms with E-state index in [9.17, 15) is 10.2 Å². The highest BCUT2D eigenvalue weighted by Gasteiger charge is 2.19. The first-order chi connectivity index (χ1) is 11.2. The zero-order valence-corrected chi connectivity index (χ0v) is 12.9. The normalized spacial score (nSPS) is 13.0. The second-order valence-electron chi connectivity index (χ2n) is 5.32. The van der Waals surface area contributed by atoms with E-state index in [0.29, 0.717) is 30.4 Å². The molecule has 0 saturated carbocycles. The smallest absolute Gasteiger partial charge is 0.152 e. The van der Waals surface area contributed by atoms with Gasteiger partial charge in [0.05, 0.1) is 30.3 Å². The van der Waals surface area contributed by atoms with Crippen molar-refractivity contribution in [3.05, 3.63) is 30.1 Å². The molecule has 0 aliphatic heterocycles. The molecule has 4 N–H and O–H groups in total. The molecule has 23 heavy (non-hydrogen) atoms. The number of pyridine rings is 1. The number of fused-ring (bicyclic) bond motifs is 3. The molecule has 1 aromatic carbocycles. The SMILES string of the molecule is CCOCc1nc2c(N)nc3ccccc3c2n1C[C@@H](O)CO. The van der Waals surface area contributed by atoms with Crippen molar-refractivity contribution in [3.63, 3.8) is 0 Å². The van der Waals surface area contributed by atoms with Crippen LogP contribution in [0.25, 0.3) is 21.9 Å². The van der Waals surface area contributed by atoms with Gasteiger partial charge in [0, 0.05) is 12.0 Å². The lowest BCUT2D eigenvalue weighted by Crippen LogP contribution is -2.21. The number of rotatable bonds is 6. The average molecular weight is 316 g/mol. The molecular formula is C16H20N4O3. The first kappa shape index (κ1) is 15.7. The van der Waals surface area contributed by atoms with Gasteiger partial charge in [-0.1, -0.05) is 18.2 Å². The summed E-state index contributed by atoms with van der Waals surface area (Å²) >= 11 is 0. The summed E-state index contributed by atoms with van der Waals surface area (Å²) in [7, 11) is 0. The van der Waals surface area contributed by atoms with Gasteiger partial charge in [-0.25, -0.2) is 9.97 Å². The summed E-state index contributed by atoms with van der Waals surface area (Å²) < 4.78 is 7.32. The number of benzene rings is 1. The molecule has 3 rings (SSSR count). The third-order valence-electron chi connectivity index (χ3n) is 3.73. The van der Waals surface area contributed by atoms with Crippen molar-refractivity contribution < 1.29 is 14.9 Å².